The third kappa shape index (κ3) is 10.4. The van der Waals surface area contributed by atoms with Crippen LogP contribution in [-0.4, -0.2) is 30.7 Å². The Labute approximate surface area is 131 Å². The van der Waals surface area contributed by atoms with E-state index >= 15 is 0 Å². The molecule has 0 aliphatic heterocycles. The van der Waals surface area contributed by atoms with Crippen molar-refractivity contribution in [1.29, 1.82) is 0 Å². The van der Waals surface area contributed by atoms with Crippen molar-refractivity contribution in [3.05, 3.63) is 24.8 Å². The average Bonchev–Trinajstić information content (AvgIpc) is 2.23. The summed E-state index contributed by atoms with van der Waals surface area (Å²) in [5.74, 6) is -0.662. The maximum atomic E-state index is 11.6. The SMILES string of the molecule is C=CC/C=C/[C@@H](CO[Si](C)(C)C)NC(=O)C(Cl)(Cl)Cl. The first-order chi connectivity index (χ1) is 8.56. The molecular formula is C12H20Cl3NO2Si. The molecule has 1 amide bonds. The first-order valence-corrected chi connectivity index (χ1v) is 10.4. The second-order valence-electron chi connectivity index (χ2n) is 4.95. The van der Waals surface area contributed by atoms with E-state index in [9.17, 15) is 4.79 Å². The van der Waals surface area contributed by atoms with Crippen molar-refractivity contribution in [3.63, 3.8) is 0 Å². The fraction of sp³-hybridized carbons (Fsp3) is 0.583. The van der Waals surface area contributed by atoms with E-state index in [1.807, 2.05) is 12.2 Å². The van der Waals surface area contributed by atoms with Crippen LogP contribution in [-0.2, 0) is 9.22 Å². The molecule has 110 valence electrons. The molecule has 0 spiro atoms. The van der Waals surface area contributed by atoms with Gasteiger partial charge in [-0.25, -0.2) is 0 Å². The Morgan fingerprint density at radius 1 is 1.42 bits per heavy atom. The van der Waals surface area contributed by atoms with Crippen LogP contribution in [0.1, 0.15) is 6.42 Å². The molecule has 0 aliphatic carbocycles. The lowest BCUT2D eigenvalue weighted by Crippen LogP contribution is -2.44. The summed E-state index contributed by atoms with van der Waals surface area (Å²) in [6, 6.07) is -0.324. The van der Waals surface area contributed by atoms with Crippen LogP contribution in [0.5, 0.6) is 0 Å². The number of carbonyl (C=O) groups excluding carboxylic acids is 1. The number of hydrogen-bond donors (Lipinski definition) is 1. The molecule has 0 aromatic heterocycles. The van der Waals surface area contributed by atoms with Gasteiger partial charge in [-0.1, -0.05) is 53.0 Å². The summed E-state index contributed by atoms with van der Waals surface area (Å²) in [6.45, 7) is 10.2. The van der Waals surface area contributed by atoms with Gasteiger partial charge in [0.25, 0.3) is 9.70 Å². The summed E-state index contributed by atoms with van der Waals surface area (Å²) < 4.78 is 3.78. The van der Waals surface area contributed by atoms with Crippen molar-refractivity contribution in [2.75, 3.05) is 6.61 Å². The maximum absolute atomic E-state index is 11.6. The second-order valence-corrected chi connectivity index (χ2v) is 11.7. The molecule has 3 nitrogen and oxygen atoms in total. The van der Waals surface area contributed by atoms with E-state index in [0.717, 1.165) is 0 Å². The van der Waals surface area contributed by atoms with Gasteiger partial charge in [-0.15, -0.1) is 6.58 Å². The Morgan fingerprint density at radius 2 is 2.00 bits per heavy atom. The minimum atomic E-state index is -1.97. The molecule has 0 saturated carbocycles. The fourth-order valence-corrected chi connectivity index (χ4v) is 1.92. The van der Waals surface area contributed by atoms with Gasteiger partial charge >= 0.3 is 0 Å². The van der Waals surface area contributed by atoms with Crippen LogP contribution in [0.3, 0.4) is 0 Å². The summed E-state index contributed by atoms with van der Waals surface area (Å²) in [7, 11) is -1.67. The van der Waals surface area contributed by atoms with Crippen LogP contribution < -0.4 is 5.32 Å². The Balaban J connectivity index is 4.58. The lowest BCUT2D eigenvalue weighted by molar-refractivity contribution is -0.120. The van der Waals surface area contributed by atoms with E-state index in [0.29, 0.717) is 13.0 Å². The molecule has 0 radical (unpaired) electrons. The van der Waals surface area contributed by atoms with E-state index < -0.39 is 18.0 Å². The normalized spacial score (nSPS) is 14.4. The number of hydrogen-bond acceptors (Lipinski definition) is 2. The fourth-order valence-electron chi connectivity index (χ4n) is 1.07. The zero-order chi connectivity index (χ0) is 15.1. The van der Waals surface area contributed by atoms with Crippen molar-refractivity contribution >= 4 is 49.0 Å². The zero-order valence-corrected chi connectivity index (χ0v) is 14.6. The van der Waals surface area contributed by atoms with Crippen LogP contribution in [0.2, 0.25) is 19.6 Å². The highest BCUT2D eigenvalue weighted by atomic mass is 35.6. The number of allylic oxidation sites excluding steroid dienone is 2. The highest BCUT2D eigenvalue weighted by Gasteiger charge is 2.32. The van der Waals surface area contributed by atoms with Crippen LogP contribution in [0.4, 0.5) is 0 Å². The van der Waals surface area contributed by atoms with Crippen molar-refractivity contribution in [2.45, 2.75) is 35.9 Å². The zero-order valence-electron chi connectivity index (χ0n) is 11.4. The third-order valence-corrected chi connectivity index (χ3v) is 3.49. The first-order valence-electron chi connectivity index (χ1n) is 5.85. The molecule has 7 heteroatoms. The van der Waals surface area contributed by atoms with Gasteiger partial charge in [0.15, 0.2) is 8.32 Å². The lowest BCUT2D eigenvalue weighted by atomic mass is 10.2. The molecule has 0 unspecified atom stereocenters. The Bertz CT molecular complexity index is 335. The Morgan fingerprint density at radius 3 is 2.42 bits per heavy atom. The van der Waals surface area contributed by atoms with Crippen LogP contribution in [0.15, 0.2) is 24.8 Å². The number of rotatable bonds is 7. The highest BCUT2D eigenvalue weighted by molar-refractivity contribution is 6.76. The minimum Gasteiger partial charge on any atom is -0.415 e. The molecule has 19 heavy (non-hydrogen) atoms. The second kappa shape index (κ2) is 8.32. The molecule has 1 atom stereocenters. The van der Waals surface area contributed by atoms with Gasteiger partial charge in [0, 0.05) is 0 Å². The molecule has 0 saturated heterocycles. The summed E-state index contributed by atoms with van der Waals surface area (Å²) in [6.07, 6.45) is 6.15. The van der Waals surface area contributed by atoms with Gasteiger partial charge < -0.3 is 9.74 Å². The van der Waals surface area contributed by atoms with Crippen molar-refractivity contribution in [1.82, 2.24) is 5.32 Å². The summed E-state index contributed by atoms with van der Waals surface area (Å²) in [4.78, 5) is 11.6. The topological polar surface area (TPSA) is 38.3 Å². The molecule has 1 N–H and O–H groups in total. The van der Waals surface area contributed by atoms with Crippen LogP contribution >= 0.6 is 34.8 Å². The number of nitrogens with one attached hydrogen (secondary N) is 1. The van der Waals surface area contributed by atoms with E-state index in [2.05, 4.69) is 31.5 Å². The van der Waals surface area contributed by atoms with Crippen molar-refractivity contribution in [2.24, 2.45) is 0 Å². The van der Waals surface area contributed by atoms with Crippen molar-refractivity contribution < 1.29 is 9.22 Å². The number of halogens is 3. The summed E-state index contributed by atoms with van der Waals surface area (Å²) in [5.41, 5.74) is 0. The predicted molar refractivity (Wildman–Crippen MR) is 85.5 cm³/mol. The summed E-state index contributed by atoms with van der Waals surface area (Å²) >= 11 is 16.6. The largest absolute Gasteiger partial charge is 0.415 e. The van der Waals surface area contributed by atoms with Gasteiger partial charge in [0.05, 0.1) is 12.6 Å². The van der Waals surface area contributed by atoms with E-state index in [4.69, 9.17) is 39.2 Å². The molecule has 0 fully saturated rings. The molecular weight excluding hydrogens is 325 g/mol. The van der Waals surface area contributed by atoms with E-state index in [1.54, 1.807) is 6.08 Å². The van der Waals surface area contributed by atoms with Gasteiger partial charge in [-0.3, -0.25) is 4.79 Å². The van der Waals surface area contributed by atoms with Crippen molar-refractivity contribution in [3.8, 4) is 0 Å². The quantitative estimate of drug-likeness (QED) is 0.433. The predicted octanol–water partition coefficient (Wildman–Crippen LogP) is 3.83. The number of amides is 1. The molecule has 0 bridgehead atoms. The average molecular weight is 345 g/mol. The molecule has 0 aromatic rings. The molecule has 0 rings (SSSR count). The third-order valence-electron chi connectivity index (χ3n) is 1.94. The minimum absolute atomic E-state index is 0.324. The summed E-state index contributed by atoms with van der Waals surface area (Å²) in [5, 5.41) is 2.63. The van der Waals surface area contributed by atoms with Crippen LogP contribution in [0, 0.1) is 0 Å². The molecule has 0 aromatic carbocycles. The van der Waals surface area contributed by atoms with Gasteiger partial charge in [0.2, 0.25) is 0 Å². The monoisotopic (exact) mass is 343 g/mol. The standard InChI is InChI=1S/C12H20Cl3NO2Si/c1-5-6-7-8-10(9-18-19(2,3)4)16-11(17)12(13,14)15/h5,7-8,10H,1,6,9H2,2-4H3,(H,16,17)/b8-7+/t10-/m0/s1. The number of alkyl halides is 3. The lowest BCUT2D eigenvalue weighted by Gasteiger charge is -2.23. The molecule has 0 heterocycles. The van der Waals surface area contributed by atoms with E-state index in [1.165, 1.54) is 0 Å². The Hall–Kier alpha value is -0.00312. The highest BCUT2D eigenvalue weighted by Crippen LogP contribution is 2.26. The molecule has 0 aliphatic rings. The Kier molecular flexibility index (Phi) is 8.32. The smallest absolute Gasteiger partial charge is 0.272 e. The van der Waals surface area contributed by atoms with Gasteiger partial charge in [-0.2, -0.15) is 0 Å². The maximum Gasteiger partial charge on any atom is 0.272 e. The van der Waals surface area contributed by atoms with Gasteiger partial charge in [-0.05, 0) is 26.1 Å². The van der Waals surface area contributed by atoms with Gasteiger partial charge in [0.1, 0.15) is 0 Å². The van der Waals surface area contributed by atoms with Crippen LogP contribution in [0.25, 0.3) is 0 Å². The van der Waals surface area contributed by atoms with E-state index in [-0.39, 0.29) is 6.04 Å². The number of carbonyl (C=O) groups is 1. The first kappa shape index (κ1) is 19.0.